The van der Waals surface area contributed by atoms with Gasteiger partial charge in [0.25, 0.3) is 5.91 Å². The molecule has 2 fully saturated rings. The van der Waals surface area contributed by atoms with E-state index in [1.54, 1.807) is 6.07 Å². The lowest BCUT2D eigenvalue weighted by Gasteiger charge is -2.40. The van der Waals surface area contributed by atoms with E-state index in [0.717, 1.165) is 19.4 Å². The van der Waals surface area contributed by atoms with Crippen LogP contribution >= 0.6 is 0 Å². The van der Waals surface area contributed by atoms with Crippen molar-refractivity contribution in [1.82, 2.24) is 10.6 Å². The van der Waals surface area contributed by atoms with Crippen LogP contribution in [0, 0.1) is 11.7 Å². The minimum Gasteiger partial charge on any atom is -0.494 e. The smallest absolute Gasteiger partial charge is 0.251 e. The standard InChI is InChI=1S/C14H17FN2O2/c1-19-13-3-2-8(6-10(13)15)14(18)17-12-7-11-9(12)4-5-16-11/h2-3,6,9,11-12,16H,4-5,7H2,1H3,(H,17,18)/t9-,11-,12+/m0/s1. The highest BCUT2D eigenvalue weighted by Gasteiger charge is 2.44. The molecule has 0 spiro atoms. The molecule has 4 nitrogen and oxygen atoms in total. The third-order valence-electron chi connectivity index (χ3n) is 4.16. The number of amides is 1. The number of hydrogen-bond donors (Lipinski definition) is 2. The van der Waals surface area contributed by atoms with Gasteiger partial charge >= 0.3 is 0 Å². The van der Waals surface area contributed by atoms with E-state index in [9.17, 15) is 9.18 Å². The van der Waals surface area contributed by atoms with Gasteiger partial charge in [0.1, 0.15) is 0 Å². The van der Waals surface area contributed by atoms with Crippen molar-refractivity contribution in [3.05, 3.63) is 29.6 Å². The largest absolute Gasteiger partial charge is 0.494 e. The molecule has 0 unspecified atom stereocenters. The SMILES string of the molecule is COc1ccc(C(=O)N[C@@H]2C[C@@H]3NCC[C@@H]32)cc1F. The summed E-state index contributed by atoms with van der Waals surface area (Å²) in [5.74, 6) is -0.0339. The van der Waals surface area contributed by atoms with Crippen LogP contribution in [0.15, 0.2) is 18.2 Å². The molecule has 19 heavy (non-hydrogen) atoms. The summed E-state index contributed by atoms with van der Waals surface area (Å²) >= 11 is 0. The van der Waals surface area contributed by atoms with Gasteiger partial charge in [0, 0.05) is 17.6 Å². The Morgan fingerprint density at radius 1 is 1.53 bits per heavy atom. The lowest BCUT2D eigenvalue weighted by atomic mass is 9.75. The fourth-order valence-corrected chi connectivity index (χ4v) is 3.01. The van der Waals surface area contributed by atoms with Gasteiger partial charge in [0.15, 0.2) is 11.6 Å². The number of halogens is 1. The molecular formula is C14H17FN2O2. The topological polar surface area (TPSA) is 50.4 Å². The molecule has 1 amide bonds. The van der Waals surface area contributed by atoms with Crippen LogP contribution in [-0.2, 0) is 0 Å². The summed E-state index contributed by atoms with van der Waals surface area (Å²) < 4.78 is 18.4. The monoisotopic (exact) mass is 264 g/mol. The molecule has 3 atom stereocenters. The maximum absolute atomic E-state index is 13.5. The summed E-state index contributed by atoms with van der Waals surface area (Å²) in [7, 11) is 1.40. The van der Waals surface area contributed by atoms with E-state index < -0.39 is 5.82 Å². The lowest BCUT2D eigenvalue weighted by Crippen LogP contribution is -2.56. The highest BCUT2D eigenvalue weighted by Crippen LogP contribution is 2.35. The molecule has 0 radical (unpaired) electrons. The Kier molecular flexibility index (Phi) is 3.14. The molecule has 1 saturated heterocycles. The minimum absolute atomic E-state index is 0.153. The highest BCUT2D eigenvalue weighted by molar-refractivity contribution is 5.94. The third-order valence-corrected chi connectivity index (χ3v) is 4.16. The predicted octanol–water partition coefficient (Wildman–Crippen LogP) is 1.31. The number of carbonyl (C=O) groups is 1. The Balaban J connectivity index is 1.65. The maximum Gasteiger partial charge on any atom is 0.251 e. The Morgan fingerprint density at radius 3 is 3.05 bits per heavy atom. The predicted molar refractivity (Wildman–Crippen MR) is 68.7 cm³/mol. The van der Waals surface area contributed by atoms with Gasteiger partial charge in [-0.3, -0.25) is 4.79 Å². The number of hydrogen-bond acceptors (Lipinski definition) is 3. The second-order valence-electron chi connectivity index (χ2n) is 5.18. The van der Waals surface area contributed by atoms with Crippen molar-refractivity contribution in [2.75, 3.05) is 13.7 Å². The van der Waals surface area contributed by atoms with Crippen LogP contribution in [0.1, 0.15) is 23.2 Å². The van der Waals surface area contributed by atoms with Crippen molar-refractivity contribution >= 4 is 5.91 Å². The molecule has 5 heteroatoms. The summed E-state index contributed by atoms with van der Waals surface area (Å²) in [6, 6.07) is 5.05. The molecule has 3 rings (SSSR count). The van der Waals surface area contributed by atoms with Crippen LogP contribution in [0.25, 0.3) is 0 Å². The van der Waals surface area contributed by atoms with Crippen LogP contribution in [0.5, 0.6) is 5.75 Å². The molecular weight excluding hydrogens is 247 g/mol. The second-order valence-corrected chi connectivity index (χ2v) is 5.18. The van der Waals surface area contributed by atoms with E-state index in [-0.39, 0.29) is 17.7 Å². The Hall–Kier alpha value is -1.62. The third kappa shape index (κ3) is 2.18. The lowest BCUT2D eigenvalue weighted by molar-refractivity contribution is 0.0860. The van der Waals surface area contributed by atoms with Crippen molar-refractivity contribution in [3.63, 3.8) is 0 Å². The van der Waals surface area contributed by atoms with Crippen LogP contribution in [0.2, 0.25) is 0 Å². The first kappa shape index (κ1) is 12.4. The fourth-order valence-electron chi connectivity index (χ4n) is 3.01. The zero-order valence-corrected chi connectivity index (χ0v) is 10.8. The normalized spacial score (nSPS) is 28.4. The van der Waals surface area contributed by atoms with E-state index in [1.807, 2.05) is 0 Å². The van der Waals surface area contributed by atoms with E-state index in [2.05, 4.69) is 10.6 Å². The average molecular weight is 264 g/mol. The summed E-state index contributed by atoms with van der Waals surface area (Å²) in [4.78, 5) is 12.0. The quantitative estimate of drug-likeness (QED) is 0.865. The van der Waals surface area contributed by atoms with Gasteiger partial charge in [-0.1, -0.05) is 0 Å². The average Bonchev–Trinajstić information content (AvgIpc) is 2.77. The summed E-state index contributed by atoms with van der Waals surface area (Å²) in [5, 5.41) is 6.38. The number of rotatable bonds is 3. The number of nitrogens with one attached hydrogen (secondary N) is 2. The number of carbonyl (C=O) groups excluding carboxylic acids is 1. The molecule has 102 valence electrons. The number of methoxy groups -OCH3 is 1. The highest BCUT2D eigenvalue weighted by atomic mass is 19.1. The fraction of sp³-hybridized carbons (Fsp3) is 0.500. The molecule has 1 aliphatic carbocycles. The van der Waals surface area contributed by atoms with E-state index >= 15 is 0 Å². The second kappa shape index (κ2) is 4.81. The van der Waals surface area contributed by atoms with Crippen LogP contribution < -0.4 is 15.4 Å². The van der Waals surface area contributed by atoms with Crippen molar-refractivity contribution in [2.45, 2.75) is 24.9 Å². The molecule has 0 bridgehead atoms. The van der Waals surface area contributed by atoms with Gasteiger partial charge < -0.3 is 15.4 Å². The van der Waals surface area contributed by atoms with Crippen molar-refractivity contribution in [1.29, 1.82) is 0 Å². The zero-order chi connectivity index (χ0) is 13.4. The first-order valence-electron chi connectivity index (χ1n) is 6.57. The summed E-state index contributed by atoms with van der Waals surface area (Å²) in [6.45, 7) is 1.03. The van der Waals surface area contributed by atoms with Crippen molar-refractivity contribution in [3.8, 4) is 5.75 Å². The van der Waals surface area contributed by atoms with Gasteiger partial charge in [-0.2, -0.15) is 0 Å². The minimum atomic E-state index is -0.510. The first-order valence-corrected chi connectivity index (χ1v) is 6.57. The van der Waals surface area contributed by atoms with E-state index in [0.29, 0.717) is 17.5 Å². The maximum atomic E-state index is 13.5. The summed E-state index contributed by atoms with van der Waals surface area (Å²) in [6.07, 6.45) is 2.07. The molecule has 1 aliphatic heterocycles. The van der Waals surface area contributed by atoms with Crippen LogP contribution in [0.4, 0.5) is 4.39 Å². The summed E-state index contributed by atoms with van der Waals surface area (Å²) in [5.41, 5.74) is 0.340. The van der Waals surface area contributed by atoms with Crippen LogP contribution in [0.3, 0.4) is 0 Å². The Labute approximate surface area is 111 Å². The van der Waals surface area contributed by atoms with Gasteiger partial charge in [0.2, 0.25) is 0 Å². The number of fused-ring (bicyclic) bond motifs is 1. The molecule has 2 N–H and O–H groups in total. The molecule has 0 aromatic heterocycles. The van der Waals surface area contributed by atoms with E-state index in [4.69, 9.17) is 4.74 Å². The molecule has 1 heterocycles. The number of ether oxygens (including phenoxy) is 1. The van der Waals surface area contributed by atoms with Gasteiger partial charge in [-0.15, -0.1) is 0 Å². The molecule has 1 aromatic rings. The first-order chi connectivity index (χ1) is 9.19. The zero-order valence-electron chi connectivity index (χ0n) is 10.8. The molecule has 1 saturated carbocycles. The van der Waals surface area contributed by atoms with Crippen molar-refractivity contribution in [2.24, 2.45) is 5.92 Å². The van der Waals surface area contributed by atoms with Crippen LogP contribution in [-0.4, -0.2) is 31.6 Å². The Bertz CT molecular complexity index is 506. The van der Waals surface area contributed by atoms with E-state index in [1.165, 1.54) is 19.2 Å². The molecule has 2 aliphatic rings. The van der Waals surface area contributed by atoms with Gasteiger partial charge in [-0.25, -0.2) is 4.39 Å². The number of benzene rings is 1. The molecule has 1 aromatic carbocycles. The Morgan fingerprint density at radius 2 is 2.37 bits per heavy atom. The van der Waals surface area contributed by atoms with Gasteiger partial charge in [0.05, 0.1) is 7.11 Å². The van der Waals surface area contributed by atoms with Crippen molar-refractivity contribution < 1.29 is 13.9 Å². The van der Waals surface area contributed by atoms with Gasteiger partial charge in [-0.05, 0) is 43.5 Å².